The number of aromatic nitrogens is 1. The maximum Gasteiger partial charge on any atom is 0.327 e. The molecule has 0 aliphatic carbocycles. The third-order valence-corrected chi connectivity index (χ3v) is 5.82. The van der Waals surface area contributed by atoms with Crippen LogP contribution in [0.2, 0.25) is 5.15 Å². The molecule has 0 spiro atoms. The maximum absolute atomic E-state index is 6.23. The van der Waals surface area contributed by atoms with Crippen LogP contribution in [0.15, 0.2) is 24.3 Å². The van der Waals surface area contributed by atoms with Crippen molar-refractivity contribution in [3.63, 3.8) is 0 Å². The van der Waals surface area contributed by atoms with Gasteiger partial charge in [0.15, 0.2) is 0 Å². The zero-order valence-electron chi connectivity index (χ0n) is 12.8. The molecule has 1 heterocycles. The van der Waals surface area contributed by atoms with Gasteiger partial charge in [-0.1, -0.05) is 23.2 Å². The predicted molar refractivity (Wildman–Crippen MR) is 93.8 cm³/mol. The van der Waals surface area contributed by atoms with Gasteiger partial charge >= 0.3 is 6.72 Å². The molecule has 0 bridgehead atoms. The number of benzene rings is 1. The van der Waals surface area contributed by atoms with Crippen molar-refractivity contribution in [2.75, 3.05) is 13.2 Å². The SMILES string of the molecule is CCOP(=S)(OCC)OCc1cc2cc(C)ccc2nc1Cl. The number of nitrogens with zero attached hydrogens (tertiary/aromatic N) is 1. The lowest BCUT2D eigenvalue weighted by Crippen LogP contribution is -2.01. The summed E-state index contributed by atoms with van der Waals surface area (Å²) in [6, 6.07) is 7.98. The van der Waals surface area contributed by atoms with Crippen LogP contribution in [0.4, 0.5) is 0 Å². The molecule has 0 atom stereocenters. The molecule has 0 aliphatic heterocycles. The highest BCUT2D eigenvalue weighted by Gasteiger charge is 2.20. The number of rotatable bonds is 7. The normalized spacial score (nSPS) is 12.0. The Morgan fingerprint density at radius 2 is 1.82 bits per heavy atom. The highest BCUT2D eigenvalue weighted by molar-refractivity contribution is 8.07. The van der Waals surface area contributed by atoms with E-state index in [1.807, 2.05) is 39.0 Å². The van der Waals surface area contributed by atoms with Crippen molar-refractivity contribution in [1.29, 1.82) is 0 Å². The fourth-order valence-electron chi connectivity index (χ4n) is 1.99. The molecule has 0 unspecified atom stereocenters. The lowest BCUT2D eigenvalue weighted by Gasteiger charge is -2.20. The zero-order chi connectivity index (χ0) is 16.2. The van der Waals surface area contributed by atoms with Crippen molar-refractivity contribution in [2.45, 2.75) is 27.4 Å². The van der Waals surface area contributed by atoms with E-state index in [9.17, 15) is 0 Å². The molecule has 0 amide bonds. The number of pyridine rings is 1. The molecule has 2 aromatic rings. The van der Waals surface area contributed by atoms with E-state index in [0.29, 0.717) is 18.4 Å². The minimum Gasteiger partial charge on any atom is -0.309 e. The fourth-order valence-corrected chi connectivity index (χ4v) is 4.14. The van der Waals surface area contributed by atoms with Gasteiger partial charge in [0, 0.05) is 10.9 Å². The Labute approximate surface area is 141 Å². The first-order valence-corrected chi connectivity index (χ1v) is 10.00. The summed E-state index contributed by atoms with van der Waals surface area (Å²) in [6.07, 6.45) is 0. The molecule has 0 radical (unpaired) electrons. The second-order valence-corrected chi connectivity index (χ2v) is 8.06. The summed E-state index contributed by atoms with van der Waals surface area (Å²) in [5.74, 6) is 0. The highest BCUT2D eigenvalue weighted by Crippen LogP contribution is 2.50. The average molecular weight is 360 g/mol. The first-order valence-electron chi connectivity index (χ1n) is 7.07. The predicted octanol–water partition coefficient (Wildman–Crippen LogP) is 5.01. The second-order valence-electron chi connectivity index (χ2n) is 4.69. The highest BCUT2D eigenvalue weighted by atomic mass is 35.5. The molecule has 2 rings (SSSR count). The van der Waals surface area contributed by atoms with Gasteiger partial charge in [-0.2, -0.15) is 0 Å². The Hall–Kier alpha value is -0.550. The Morgan fingerprint density at radius 3 is 2.45 bits per heavy atom. The summed E-state index contributed by atoms with van der Waals surface area (Å²) < 4.78 is 16.6. The van der Waals surface area contributed by atoms with Gasteiger partial charge in [0.1, 0.15) is 5.15 Å². The molecular formula is C15H19ClNO3PS. The van der Waals surface area contributed by atoms with Crippen LogP contribution in [0.25, 0.3) is 10.9 Å². The first kappa shape index (κ1) is 17.8. The Balaban J connectivity index is 2.23. The van der Waals surface area contributed by atoms with Crippen LogP contribution in [0, 0.1) is 6.92 Å². The molecule has 7 heteroatoms. The monoisotopic (exact) mass is 359 g/mol. The average Bonchev–Trinajstić information content (AvgIpc) is 2.46. The fraction of sp³-hybridized carbons (Fsp3) is 0.400. The Kier molecular flexibility index (Phi) is 6.33. The number of aryl methyl sites for hydroxylation is 1. The van der Waals surface area contributed by atoms with Crippen LogP contribution in [-0.2, 0) is 32.0 Å². The Bertz CT molecular complexity index is 700. The van der Waals surface area contributed by atoms with Gasteiger partial charge in [0.05, 0.1) is 25.3 Å². The molecule has 0 saturated carbocycles. The van der Waals surface area contributed by atoms with Gasteiger partial charge in [-0.25, -0.2) is 4.98 Å². The van der Waals surface area contributed by atoms with E-state index in [1.165, 1.54) is 0 Å². The summed E-state index contributed by atoms with van der Waals surface area (Å²) in [5, 5.41) is 1.43. The minimum absolute atomic E-state index is 0.215. The molecule has 0 N–H and O–H groups in total. The smallest absolute Gasteiger partial charge is 0.309 e. The van der Waals surface area contributed by atoms with Gasteiger partial charge in [0.2, 0.25) is 0 Å². The standard InChI is InChI=1S/C15H19ClNO3PS/c1-4-18-21(22,19-5-2)20-10-13-9-12-8-11(3)6-7-14(12)17-15(13)16/h6-9H,4-5,10H2,1-3H3. The molecule has 1 aromatic heterocycles. The molecule has 4 nitrogen and oxygen atoms in total. The van der Waals surface area contributed by atoms with Crippen LogP contribution < -0.4 is 0 Å². The molecule has 1 aromatic carbocycles. The van der Waals surface area contributed by atoms with E-state index < -0.39 is 6.72 Å². The van der Waals surface area contributed by atoms with E-state index in [4.69, 9.17) is 37.0 Å². The zero-order valence-corrected chi connectivity index (χ0v) is 15.3. The first-order chi connectivity index (χ1) is 10.5. The minimum atomic E-state index is -2.73. The van der Waals surface area contributed by atoms with Crippen LogP contribution in [0.5, 0.6) is 0 Å². The van der Waals surface area contributed by atoms with Crippen molar-refractivity contribution >= 4 is 41.0 Å². The van der Waals surface area contributed by atoms with Crippen molar-refractivity contribution < 1.29 is 13.6 Å². The number of hydrogen-bond donors (Lipinski definition) is 0. The van der Waals surface area contributed by atoms with Crippen LogP contribution in [0.1, 0.15) is 25.0 Å². The largest absolute Gasteiger partial charge is 0.327 e. The van der Waals surface area contributed by atoms with Gasteiger partial charge in [-0.05, 0) is 50.8 Å². The lowest BCUT2D eigenvalue weighted by atomic mass is 10.1. The molecule has 120 valence electrons. The molecule has 0 saturated heterocycles. The third kappa shape index (κ3) is 4.48. The molecule has 22 heavy (non-hydrogen) atoms. The summed E-state index contributed by atoms with van der Waals surface area (Å²) in [4.78, 5) is 4.39. The quantitative estimate of drug-likeness (QED) is 0.513. The van der Waals surface area contributed by atoms with Gasteiger partial charge in [0.25, 0.3) is 0 Å². The van der Waals surface area contributed by atoms with Crippen LogP contribution >= 0.6 is 18.3 Å². The molecule has 0 fully saturated rings. The summed E-state index contributed by atoms with van der Waals surface area (Å²) in [6.45, 7) is 4.13. The number of halogens is 1. The van der Waals surface area contributed by atoms with E-state index in [1.54, 1.807) is 0 Å². The van der Waals surface area contributed by atoms with E-state index in [0.717, 1.165) is 22.0 Å². The lowest BCUT2D eigenvalue weighted by molar-refractivity contribution is 0.161. The van der Waals surface area contributed by atoms with Gasteiger partial charge in [-0.3, -0.25) is 0 Å². The summed E-state index contributed by atoms with van der Waals surface area (Å²) in [7, 11) is 0. The van der Waals surface area contributed by atoms with Crippen LogP contribution in [-0.4, -0.2) is 18.2 Å². The molecule has 0 aliphatic rings. The van der Waals surface area contributed by atoms with Crippen molar-refractivity contribution in [3.8, 4) is 0 Å². The van der Waals surface area contributed by atoms with Gasteiger partial charge in [-0.15, -0.1) is 0 Å². The third-order valence-electron chi connectivity index (χ3n) is 2.95. The Morgan fingerprint density at radius 1 is 1.14 bits per heavy atom. The molecular weight excluding hydrogens is 341 g/mol. The van der Waals surface area contributed by atoms with E-state index >= 15 is 0 Å². The summed E-state index contributed by atoms with van der Waals surface area (Å²) in [5.41, 5.74) is 2.79. The van der Waals surface area contributed by atoms with Crippen LogP contribution in [0.3, 0.4) is 0 Å². The van der Waals surface area contributed by atoms with Crippen molar-refractivity contribution in [3.05, 3.63) is 40.5 Å². The summed E-state index contributed by atoms with van der Waals surface area (Å²) >= 11 is 11.6. The topological polar surface area (TPSA) is 40.6 Å². The van der Waals surface area contributed by atoms with E-state index in [2.05, 4.69) is 11.1 Å². The van der Waals surface area contributed by atoms with Gasteiger partial charge < -0.3 is 13.6 Å². The van der Waals surface area contributed by atoms with Crippen molar-refractivity contribution in [2.24, 2.45) is 0 Å². The maximum atomic E-state index is 6.23. The van der Waals surface area contributed by atoms with E-state index in [-0.39, 0.29) is 6.61 Å². The second kappa shape index (κ2) is 7.82. The number of fused-ring (bicyclic) bond motifs is 1. The van der Waals surface area contributed by atoms with Crippen molar-refractivity contribution in [1.82, 2.24) is 4.98 Å². The number of hydrogen-bond acceptors (Lipinski definition) is 5.